The molecule has 6 nitrogen and oxygen atoms in total. The van der Waals surface area contributed by atoms with Gasteiger partial charge in [-0.3, -0.25) is 0 Å². The molecule has 0 saturated heterocycles. The summed E-state index contributed by atoms with van der Waals surface area (Å²) in [6, 6.07) is 1.85. The maximum Gasteiger partial charge on any atom is 0.252 e. The largest absolute Gasteiger partial charge is 0.252 e. The molecule has 0 aromatic carbocycles. The van der Waals surface area contributed by atoms with Gasteiger partial charge in [-0.15, -0.1) is 5.10 Å². The third-order valence-electron chi connectivity index (χ3n) is 1.46. The van der Waals surface area contributed by atoms with Crippen molar-refractivity contribution in [1.29, 1.82) is 5.26 Å². The number of rotatable bonds is 1. The van der Waals surface area contributed by atoms with Crippen molar-refractivity contribution >= 4 is 22.6 Å². The van der Waals surface area contributed by atoms with Crippen molar-refractivity contribution < 1.29 is 0 Å². The predicted molar refractivity (Wildman–Crippen MR) is 54.4 cm³/mol. The third kappa shape index (κ3) is 1.56. The van der Waals surface area contributed by atoms with Crippen molar-refractivity contribution in [2.75, 3.05) is 0 Å². The molecule has 2 aromatic rings. The van der Waals surface area contributed by atoms with E-state index in [2.05, 4.69) is 42.6 Å². The number of nitrogens with zero attached hydrogens (tertiary/aromatic N) is 6. The fraction of sp³-hybridized carbons (Fsp3) is 0. The Morgan fingerprint density at radius 3 is 2.93 bits per heavy atom. The molecule has 2 aromatic heterocycles. The van der Waals surface area contributed by atoms with Gasteiger partial charge < -0.3 is 0 Å². The van der Waals surface area contributed by atoms with E-state index in [9.17, 15) is 0 Å². The molecule has 14 heavy (non-hydrogen) atoms. The first-order valence-electron chi connectivity index (χ1n) is 3.59. The van der Waals surface area contributed by atoms with Gasteiger partial charge in [-0.2, -0.15) is 5.26 Å². The lowest BCUT2D eigenvalue weighted by Gasteiger charge is -1.99. The van der Waals surface area contributed by atoms with Crippen LogP contribution in [0.5, 0.6) is 0 Å². The van der Waals surface area contributed by atoms with Crippen LogP contribution in [0.15, 0.2) is 18.9 Å². The van der Waals surface area contributed by atoms with Gasteiger partial charge in [0, 0.05) is 6.20 Å². The van der Waals surface area contributed by atoms with Crippen LogP contribution >= 0.6 is 22.6 Å². The molecule has 0 radical (unpaired) electrons. The van der Waals surface area contributed by atoms with Gasteiger partial charge >= 0.3 is 0 Å². The van der Waals surface area contributed by atoms with E-state index in [1.807, 2.05) is 6.07 Å². The zero-order chi connectivity index (χ0) is 9.97. The van der Waals surface area contributed by atoms with Gasteiger partial charge in [0.15, 0.2) is 5.82 Å². The highest BCUT2D eigenvalue weighted by atomic mass is 127. The summed E-state index contributed by atoms with van der Waals surface area (Å²) in [5, 5.41) is 12.5. The highest BCUT2D eigenvalue weighted by Gasteiger charge is 2.06. The Labute approximate surface area is 92.8 Å². The predicted octanol–water partition coefficient (Wildman–Crippen LogP) is 0.534. The first kappa shape index (κ1) is 9.01. The van der Waals surface area contributed by atoms with E-state index in [4.69, 9.17) is 5.26 Å². The molecule has 0 unspecified atom stereocenters. The Balaban J connectivity index is 2.51. The van der Waals surface area contributed by atoms with E-state index in [0.717, 1.165) is 3.57 Å². The van der Waals surface area contributed by atoms with Gasteiger partial charge in [0.05, 0.1) is 3.57 Å². The normalized spacial score (nSPS) is 9.71. The van der Waals surface area contributed by atoms with Crippen LogP contribution in [0, 0.1) is 14.9 Å². The fourth-order valence-electron chi connectivity index (χ4n) is 0.891. The van der Waals surface area contributed by atoms with E-state index >= 15 is 0 Å². The van der Waals surface area contributed by atoms with Gasteiger partial charge in [0.1, 0.15) is 18.7 Å². The number of hydrogen-bond donors (Lipinski definition) is 0. The van der Waals surface area contributed by atoms with E-state index in [-0.39, 0.29) is 5.82 Å². The Morgan fingerprint density at radius 1 is 1.43 bits per heavy atom. The lowest BCUT2D eigenvalue weighted by atomic mass is 10.6. The number of hydrogen-bond acceptors (Lipinski definition) is 5. The fourth-order valence-corrected chi connectivity index (χ4v) is 1.44. The summed E-state index contributed by atoms with van der Waals surface area (Å²) in [6.07, 6.45) is 4.53. The minimum absolute atomic E-state index is 0.124. The minimum Gasteiger partial charge on any atom is -0.244 e. The van der Waals surface area contributed by atoms with Crippen LogP contribution in [0.25, 0.3) is 5.82 Å². The van der Waals surface area contributed by atoms with E-state index in [1.165, 1.54) is 17.3 Å². The average Bonchev–Trinajstić information content (AvgIpc) is 2.67. The number of aromatic nitrogens is 5. The summed E-state index contributed by atoms with van der Waals surface area (Å²) in [4.78, 5) is 11.7. The third-order valence-corrected chi connectivity index (χ3v) is 2.22. The summed E-state index contributed by atoms with van der Waals surface area (Å²) < 4.78 is 2.29. The molecule has 2 heterocycles. The van der Waals surface area contributed by atoms with Gasteiger partial charge in [-0.05, 0) is 22.6 Å². The van der Waals surface area contributed by atoms with Crippen LogP contribution in [-0.2, 0) is 0 Å². The van der Waals surface area contributed by atoms with Crippen molar-refractivity contribution in [2.24, 2.45) is 0 Å². The second kappa shape index (κ2) is 3.67. The van der Waals surface area contributed by atoms with Crippen molar-refractivity contribution in [1.82, 2.24) is 24.7 Å². The van der Waals surface area contributed by atoms with E-state index in [1.54, 1.807) is 6.20 Å². The summed E-state index contributed by atoms with van der Waals surface area (Å²) in [6.45, 7) is 0. The van der Waals surface area contributed by atoms with Crippen LogP contribution in [0.1, 0.15) is 5.82 Å². The second-order valence-corrected chi connectivity index (χ2v) is 3.48. The summed E-state index contributed by atoms with van der Waals surface area (Å²) in [7, 11) is 0. The standard InChI is InChI=1S/C7H3IN6/c8-5-2-10-3-11-7(5)14-4-12-6(1-9)13-14/h2-4H. The SMILES string of the molecule is N#Cc1ncn(-c2ncncc2I)n1. The molecule has 2 rings (SSSR count). The Bertz CT molecular complexity index is 499. The van der Waals surface area contributed by atoms with E-state index < -0.39 is 0 Å². The summed E-state index contributed by atoms with van der Waals surface area (Å²) in [5.74, 6) is 0.744. The van der Waals surface area contributed by atoms with Gasteiger partial charge in [-0.1, -0.05) is 0 Å². The lowest BCUT2D eigenvalue weighted by molar-refractivity contribution is 0.826. The maximum atomic E-state index is 8.54. The maximum absolute atomic E-state index is 8.54. The molecule has 0 amide bonds. The minimum atomic E-state index is 0.124. The molecule has 68 valence electrons. The van der Waals surface area contributed by atoms with Gasteiger partial charge in [0.25, 0.3) is 5.82 Å². The lowest BCUT2D eigenvalue weighted by Crippen LogP contribution is -2.01. The highest BCUT2D eigenvalue weighted by Crippen LogP contribution is 2.10. The Hall–Kier alpha value is -1.56. The molecule has 0 aliphatic rings. The molecule has 0 fully saturated rings. The first-order chi connectivity index (χ1) is 6.81. The molecular formula is C7H3IN6. The van der Waals surface area contributed by atoms with Crippen LogP contribution in [0.2, 0.25) is 0 Å². The van der Waals surface area contributed by atoms with Crippen molar-refractivity contribution in [3.05, 3.63) is 28.2 Å². The molecular weight excluding hydrogens is 295 g/mol. The van der Waals surface area contributed by atoms with Crippen molar-refractivity contribution in [3.8, 4) is 11.9 Å². The summed E-state index contributed by atoms with van der Waals surface area (Å²) in [5.41, 5.74) is 0. The summed E-state index contributed by atoms with van der Waals surface area (Å²) >= 11 is 2.09. The van der Waals surface area contributed by atoms with Crippen LogP contribution < -0.4 is 0 Å². The first-order valence-corrected chi connectivity index (χ1v) is 4.67. The van der Waals surface area contributed by atoms with Crippen LogP contribution in [0.3, 0.4) is 0 Å². The molecule has 0 aliphatic carbocycles. The Kier molecular flexibility index (Phi) is 2.36. The zero-order valence-electron chi connectivity index (χ0n) is 6.79. The van der Waals surface area contributed by atoms with Gasteiger partial charge in [-0.25, -0.2) is 19.6 Å². The zero-order valence-corrected chi connectivity index (χ0v) is 8.95. The molecule has 0 aliphatic heterocycles. The quantitative estimate of drug-likeness (QED) is 0.718. The number of halogens is 1. The van der Waals surface area contributed by atoms with Crippen molar-refractivity contribution in [2.45, 2.75) is 0 Å². The highest BCUT2D eigenvalue weighted by molar-refractivity contribution is 14.1. The average molecular weight is 298 g/mol. The topological polar surface area (TPSA) is 80.3 Å². The van der Waals surface area contributed by atoms with E-state index in [0.29, 0.717) is 5.82 Å². The van der Waals surface area contributed by atoms with Crippen LogP contribution in [0.4, 0.5) is 0 Å². The molecule has 0 bridgehead atoms. The second-order valence-electron chi connectivity index (χ2n) is 2.32. The molecule has 0 atom stereocenters. The van der Waals surface area contributed by atoms with Crippen molar-refractivity contribution in [3.63, 3.8) is 0 Å². The van der Waals surface area contributed by atoms with Crippen LogP contribution in [-0.4, -0.2) is 24.7 Å². The molecule has 0 saturated carbocycles. The molecule has 0 N–H and O–H groups in total. The monoisotopic (exact) mass is 298 g/mol. The Morgan fingerprint density at radius 2 is 2.29 bits per heavy atom. The molecule has 0 spiro atoms. The smallest absolute Gasteiger partial charge is 0.244 e. The molecule has 7 heteroatoms. The van der Waals surface area contributed by atoms with Gasteiger partial charge in [0.2, 0.25) is 0 Å². The number of nitriles is 1.